The predicted octanol–water partition coefficient (Wildman–Crippen LogP) is 0.577. The Balaban J connectivity index is 2.12. The molecule has 0 radical (unpaired) electrons. The fourth-order valence-electron chi connectivity index (χ4n) is 1.22. The molecule has 86 valence electrons. The van der Waals surface area contributed by atoms with E-state index in [1.165, 1.54) is 18.7 Å². The molecule has 2 heterocycles. The van der Waals surface area contributed by atoms with Crippen molar-refractivity contribution in [2.45, 2.75) is 6.54 Å². The van der Waals surface area contributed by atoms with Gasteiger partial charge in [-0.1, -0.05) is 0 Å². The summed E-state index contributed by atoms with van der Waals surface area (Å²) in [6, 6.07) is 1.73. The maximum absolute atomic E-state index is 10.9. The van der Waals surface area contributed by atoms with Crippen LogP contribution < -0.4 is 5.32 Å². The van der Waals surface area contributed by atoms with Crippen molar-refractivity contribution in [2.24, 2.45) is 0 Å². The monoisotopic (exact) mass is 231 g/mol. The average Bonchev–Trinajstić information content (AvgIpc) is 2.38. The highest BCUT2D eigenvalue weighted by atomic mass is 16.4. The Hall–Kier alpha value is -2.57. The second-order valence-corrected chi connectivity index (χ2v) is 3.11. The number of rotatable bonds is 4. The van der Waals surface area contributed by atoms with Crippen molar-refractivity contribution in [3.8, 4) is 0 Å². The smallest absolute Gasteiger partial charge is 0.358 e. The van der Waals surface area contributed by atoms with Crippen LogP contribution in [0.4, 0.5) is 5.82 Å². The zero-order valence-electron chi connectivity index (χ0n) is 8.74. The largest absolute Gasteiger partial charge is 0.476 e. The quantitative estimate of drug-likeness (QED) is 0.793. The van der Waals surface area contributed by atoms with Gasteiger partial charge in [-0.2, -0.15) is 0 Å². The van der Waals surface area contributed by atoms with Crippen molar-refractivity contribution >= 4 is 11.8 Å². The number of carboxylic acids is 1. The van der Waals surface area contributed by atoms with Crippen molar-refractivity contribution in [1.82, 2.24) is 19.9 Å². The van der Waals surface area contributed by atoms with E-state index < -0.39 is 5.97 Å². The Kier molecular flexibility index (Phi) is 3.20. The molecule has 17 heavy (non-hydrogen) atoms. The fraction of sp³-hybridized carbons (Fsp3) is 0.100. The molecule has 0 aromatic carbocycles. The van der Waals surface area contributed by atoms with Gasteiger partial charge >= 0.3 is 5.97 Å². The molecule has 0 saturated carbocycles. The maximum atomic E-state index is 10.9. The first kappa shape index (κ1) is 10.9. The van der Waals surface area contributed by atoms with Crippen LogP contribution in [-0.2, 0) is 6.54 Å². The van der Waals surface area contributed by atoms with E-state index in [0.717, 1.165) is 5.69 Å². The zero-order chi connectivity index (χ0) is 12.1. The lowest BCUT2D eigenvalue weighted by atomic mass is 10.3. The van der Waals surface area contributed by atoms with Crippen LogP contribution in [0.1, 0.15) is 16.2 Å². The van der Waals surface area contributed by atoms with Gasteiger partial charge in [0.15, 0.2) is 11.5 Å². The van der Waals surface area contributed by atoms with Crippen LogP contribution in [0.15, 0.2) is 31.0 Å². The molecule has 2 N–H and O–H groups in total. The molecule has 0 unspecified atom stereocenters. The number of carboxylic acid groups (broad SMARTS) is 1. The van der Waals surface area contributed by atoms with Crippen molar-refractivity contribution in [3.05, 3.63) is 42.4 Å². The maximum Gasteiger partial charge on any atom is 0.358 e. The van der Waals surface area contributed by atoms with Crippen molar-refractivity contribution in [2.75, 3.05) is 5.32 Å². The molecule has 0 aliphatic heterocycles. The lowest BCUT2D eigenvalue weighted by Crippen LogP contribution is -2.10. The molecular formula is C10H9N5O2. The molecule has 0 saturated heterocycles. The summed E-state index contributed by atoms with van der Waals surface area (Å²) in [4.78, 5) is 26.3. The fourth-order valence-corrected chi connectivity index (χ4v) is 1.22. The van der Waals surface area contributed by atoms with Gasteiger partial charge in [0, 0.05) is 18.6 Å². The van der Waals surface area contributed by atoms with Crippen LogP contribution in [0.3, 0.4) is 0 Å². The van der Waals surface area contributed by atoms with Gasteiger partial charge in [0.2, 0.25) is 0 Å². The van der Waals surface area contributed by atoms with E-state index in [1.807, 2.05) is 0 Å². The lowest BCUT2D eigenvalue weighted by molar-refractivity contribution is 0.0691. The molecular weight excluding hydrogens is 222 g/mol. The molecule has 0 atom stereocenters. The number of aromatic nitrogens is 4. The van der Waals surface area contributed by atoms with Crippen molar-refractivity contribution in [3.63, 3.8) is 0 Å². The summed E-state index contributed by atoms with van der Waals surface area (Å²) in [6.07, 6.45) is 5.79. The molecule has 0 spiro atoms. The van der Waals surface area contributed by atoms with E-state index in [-0.39, 0.29) is 11.5 Å². The first-order chi connectivity index (χ1) is 8.27. The average molecular weight is 231 g/mol. The molecule has 0 aliphatic rings. The van der Waals surface area contributed by atoms with E-state index in [4.69, 9.17) is 5.11 Å². The molecule has 7 nitrogen and oxygen atoms in total. The highest BCUT2D eigenvalue weighted by molar-refractivity contribution is 5.90. The first-order valence-electron chi connectivity index (χ1n) is 4.80. The molecule has 0 bridgehead atoms. The molecule has 7 heteroatoms. The van der Waals surface area contributed by atoms with Crippen LogP contribution in [0.2, 0.25) is 0 Å². The third-order valence-electron chi connectivity index (χ3n) is 1.98. The summed E-state index contributed by atoms with van der Waals surface area (Å²) >= 11 is 0. The number of aromatic carboxylic acids is 1. The van der Waals surface area contributed by atoms with E-state index in [0.29, 0.717) is 6.54 Å². The number of hydrogen-bond acceptors (Lipinski definition) is 6. The first-order valence-corrected chi connectivity index (χ1v) is 4.80. The summed E-state index contributed by atoms with van der Waals surface area (Å²) in [5, 5.41) is 11.8. The molecule has 0 aliphatic carbocycles. The SMILES string of the molecule is O=C(O)c1nccnc1NCc1ccncn1. The summed E-state index contributed by atoms with van der Waals surface area (Å²) < 4.78 is 0. The Morgan fingerprint density at radius 1 is 1.24 bits per heavy atom. The van der Waals surface area contributed by atoms with E-state index in [1.54, 1.807) is 12.3 Å². The molecule has 2 rings (SSSR count). The summed E-state index contributed by atoms with van der Waals surface area (Å²) in [6.45, 7) is 0.363. The van der Waals surface area contributed by atoms with E-state index >= 15 is 0 Å². The zero-order valence-corrected chi connectivity index (χ0v) is 8.74. The number of hydrogen-bond donors (Lipinski definition) is 2. The molecule has 0 fully saturated rings. The predicted molar refractivity (Wildman–Crippen MR) is 58.4 cm³/mol. The highest BCUT2D eigenvalue weighted by Gasteiger charge is 2.11. The molecule has 2 aromatic heterocycles. The van der Waals surface area contributed by atoms with Gasteiger partial charge in [0.25, 0.3) is 0 Å². The summed E-state index contributed by atoms with van der Waals surface area (Å²) in [7, 11) is 0. The summed E-state index contributed by atoms with van der Waals surface area (Å²) in [5.74, 6) is -0.901. The number of nitrogens with one attached hydrogen (secondary N) is 1. The van der Waals surface area contributed by atoms with E-state index in [9.17, 15) is 4.79 Å². The van der Waals surface area contributed by atoms with Crippen LogP contribution in [0, 0.1) is 0 Å². The Labute approximate surface area is 96.6 Å². The Morgan fingerprint density at radius 3 is 2.76 bits per heavy atom. The minimum atomic E-state index is -1.12. The Bertz CT molecular complexity index is 517. The third kappa shape index (κ3) is 2.71. The van der Waals surface area contributed by atoms with Crippen molar-refractivity contribution < 1.29 is 9.90 Å². The van der Waals surface area contributed by atoms with Gasteiger partial charge < -0.3 is 10.4 Å². The lowest BCUT2D eigenvalue weighted by Gasteiger charge is -2.06. The molecule has 2 aromatic rings. The number of carbonyl (C=O) groups is 1. The van der Waals surface area contributed by atoms with Gasteiger partial charge in [-0.05, 0) is 6.07 Å². The van der Waals surface area contributed by atoms with Crippen LogP contribution >= 0.6 is 0 Å². The summed E-state index contributed by atoms with van der Waals surface area (Å²) in [5.41, 5.74) is 0.628. The molecule has 0 amide bonds. The van der Waals surface area contributed by atoms with Crippen LogP contribution in [0.25, 0.3) is 0 Å². The second kappa shape index (κ2) is 4.97. The number of anilines is 1. The topological polar surface area (TPSA) is 101 Å². The van der Waals surface area contributed by atoms with E-state index in [2.05, 4.69) is 25.3 Å². The third-order valence-corrected chi connectivity index (χ3v) is 1.98. The van der Waals surface area contributed by atoms with Gasteiger partial charge in [-0.25, -0.2) is 24.7 Å². The number of nitrogens with zero attached hydrogens (tertiary/aromatic N) is 4. The minimum Gasteiger partial charge on any atom is -0.476 e. The van der Waals surface area contributed by atoms with Crippen LogP contribution in [-0.4, -0.2) is 31.0 Å². The van der Waals surface area contributed by atoms with Crippen LogP contribution in [0.5, 0.6) is 0 Å². The standard InChI is InChI=1S/C10H9N5O2/c16-10(17)8-9(13-4-3-12-8)14-5-7-1-2-11-6-15-7/h1-4,6H,5H2,(H,13,14)(H,16,17). The van der Waals surface area contributed by atoms with Crippen molar-refractivity contribution in [1.29, 1.82) is 0 Å². The second-order valence-electron chi connectivity index (χ2n) is 3.11. The van der Waals surface area contributed by atoms with Gasteiger partial charge in [-0.3, -0.25) is 0 Å². The van der Waals surface area contributed by atoms with Gasteiger partial charge in [-0.15, -0.1) is 0 Å². The Morgan fingerprint density at radius 2 is 2.06 bits per heavy atom. The van der Waals surface area contributed by atoms with Gasteiger partial charge in [0.1, 0.15) is 6.33 Å². The normalized spacial score (nSPS) is 9.88. The minimum absolute atomic E-state index is 0.110. The highest BCUT2D eigenvalue weighted by Crippen LogP contribution is 2.09. The van der Waals surface area contributed by atoms with Gasteiger partial charge in [0.05, 0.1) is 12.2 Å².